The Hall–Kier alpha value is -3.23. The zero-order valence-electron chi connectivity index (χ0n) is 17.0. The number of ketones is 1. The predicted octanol–water partition coefficient (Wildman–Crippen LogP) is 5.44. The molecule has 31 heavy (non-hydrogen) atoms. The lowest BCUT2D eigenvalue weighted by Crippen LogP contribution is -2.13. The minimum absolute atomic E-state index is 0.0534. The molecule has 2 aromatic carbocycles. The van der Waals surface area contributed by atoms with E-state index in [0.717, 1.165) is 22.5 Å². The Morgan fingerprint density at radius 2 is 1.65 bits per heavy atom. The van der Waals surface area contributed by atoms with Crippen LogP contribution in [0.1, 0.15) is 22.3 Å². The van der Waals surface area contributed by atoms with Gasteiger partial charge in [0, 0.05) is 18.1 Å². The molecule has 2 aromatic heterocycles. The minimum Gasteiger partial charge on any atom is -0.332 e. The molecular formula is C23H20N4O2S2. The topological polar surface area (TPSA) is 87.7 Å². The lowest BCUT2D eigenvalue weighted by Gasteiger charge is -2.02. The summed E-state index contributed by atoms with van der Waals surface area (Å²) in [6.45, 7) is 3.25. The normalized spacial score (nSPS) is 10.8. The number of imidazole rings is 1. The molecule has 1 amide bonds. The highest BCUT2D eigenvalue weighted by atomic mass is 32.2. The van der Waals surface area contributed by atoms with Gasteiger partial charge in [-0.05, 0) is 6.92 Å². The number of aryl methyl sites for hydroxylation is 1. The number of hydrogen-bond acceptors (Lipinski definition) is 6. The van der Waals surface area contributed by atoms with Crippen LogP contribution in [-0.2, 0) is 4.79 Å². The summed E-state index contributed by atoms with van der Waals surface area (Å²) in [6, 6.07) is 19.9. The van der Waals surface area contributed by atoms with Crippen LogP contribution in [0.3, 0.4) is 0 Å². The van der Waals surface area contributed by atoms with Gasteiger partial charge in [-0.15, -0.1) is 0 Å². The van der Waals surface area contributed by atoms with Crippen molar-refractivity contribution in [3.8, 4) is 22.5 Å². The Morgan fingerprint density at radius 3 is 2.26 bits per heavy atom. The number of H-pyrrole nitrogens is 1. The van der Waals surface area contributed by atoms with Crippen LogP contribution in [0, 0.1) is 6.92 Å². The maximum Gasteiger partial charge on any atom is 0.236 e. The molecule has 2 heterocycles. The number of nitrogens with zero attached hydrogens (tertiary/aromatic N) is 2. The quantitative estimate of drug-likeness (QED) is 0.290. The third-order valence-corrected chi connectivity index (χ3v) is 6.54. The number of thiazole rings is 1. The lowest BCUT2D eigenvalue weighted by atomic mass is 10.1. The number of nitrogens with one attached hydrogen (secondary N) is 2. The summed E-state index contributed by atoms with van der Waals surface area (Å²) in [7, 11) is 0. The first-order valence-corrected chi connectivity index (χ1v) is 11.4. The van der Waals surface area contributed by atoms with E-state index >= 15 is 0 Å². The van der Waals surface area contributed by atoms with Gasteiger partial charge in [0.1, 0.15) is 0 Å². The van der Waals surface area contributed by atoms with E-state index in [2.05, 4.69) is 15.3 Å². The Kier molecular flexibility index (Phi) is 6.29. The molecule has 2 N–H and O–H groups in total. The van der Waals surface area contributed by atoms with E-state index < -0.39 is 0 Å². The monoisotopic (exact) mass is 448 g/mol. The molecule has 0 aliphatic rings. The number of carbonyl (C=O) groups is 2. The molecule has 156 valence electrons. The number of carbonyl (C=O) groups excluding carboxylic acids is 2. The van der Waals surface area contributed by atoms with Gasteiger partial charge in [-0.2, -0.15) is 0 Å². The van der Waals surface area contributed by atoms with Gasteiger partial charge in [0.2, 0.25) is 5.91 Å². The Morgan fingerprint density at radius 1 is 1.00 bits per heavy atom. The van der Waals surface area contributed by atoms with Crippen LogP contribution < -0.4 is 5.32 Å². The van der Waals surface area contributed by atoms with Crippen LogP contribution in [-0.4, -0.2) is 32.4 Å². The van der Waals surface area contributed by atoms with Gasteiger partial charge < -0.3 is 10.3 Å². The van der Waals surface area contributed by atoms with E-state index in [-0.39, 0.29) is 17.4 Å². The third kappa shape index (κ3) is 4.92. The number of benzene rings is 2. The van der Waals surface area contributed by atoms with Crippen molar-refractivity contribution in [2.24, 2.45) is 0 Å². The van der Waals surface area contributed by atoms with Crippen molar-refractivity contribution in [1.82, 2.24) is 15.0 Å². The molecule has 0 saturated carbocycles. The Balaban J connectivity index is 1.51. The summed E-state index contributed by atoms with van der Waals surface area (Å²) in [4.78, 5) is 36.9. The van der Waals surface area contributed by atoms with Gasteiger partial charge in [-0.1, -0.05) is 83.8 Å². The number of anilines is 1. The molecule has 0 spiro atoms. The minimum atomic E-state index is -0.201. The first kappa shape index (κ1) is 21.0. The molecule has 0 bridgehead atoms. The highest BCUT2D eigenvalue weighted by molar-refractivity contribution is 7.99. The molecule has 0 aliphatic heterocycles. The second-order valence-corrected chi connectivity index (χ2v) is 8.79. The average Bonchev–Trinajstić information content (AvgIpc) is 3.37. The van der Waals surface area contributed by atoms with Crippen molar-refractivity contribution in [2.45, 2.75) is 19.0 Å². The van der Waals surface area contributed by atoms with Crippen LogP contribution >= 0.6 is 23.1 Å². The van der Waals surface area contributed by atoms with Gasteiger partial charge in [0.05, 0.1) is 27.7 Å². The maximum absolute atomic E-state index is 12.4. The number of rotatable bonds is 7. The van der Waals surface area contributed by atoms with Gasteiger partial charge in [0.25, 0.3) is 0 Å². The van der Waals surface area contributed by atoms with Gasteiger partial charge in [-0.25, -0.2) is 9.97 Å². The molecule has 4 aromatic rings. The van der Waals surface area contributed by atoms with Crippen LogP contribution in [0.25, 0.3) is 22.5 Å². The molecule has 0 fully saturated rings. The molecule has 0 saturated heterocycles. The van der Waals surface area contributed by atoms with E-state index in [1.165, 1.54) is 30.0 Å². The van der Waals surface area contributed by atoms with E-state index in [1.54, 1.807) is 6.92 Å². The van der Waals surface area contributed by atoms with Gasteiger partial charge >= 0.3 is 0 Å². The van der Waals surface area contributed by atoms with E-state index in [9.17, 15) is 9.59 Å². The summed E-state index contributed by atoms with van der Waals surface area (Å²) >= 11 is 2.51. The van der Waals surface area contributed by atoms with E-state index in [0.29, 0.717) is 20.9 Å². The summed E-state index contributed by atoms with van der Waals surface area (Å²) in [5, 5.41) is 3.86. The highest BCUT2D eigenvalue weighted by Crippen LogP contribution is 2.32. The van der Waals surface area contributed by atoms with Crippen LogP contribution in [0.4, 0.5) is 5.13 Å². The standard InChI is InChI=1S/C23H20N4O2S2/c1-14-21(15(2)28)31-23(24-14)25-18(29)13-30-22-26-19(16-9-5-3-6-10-16)20(27-22)17-11-7-4-8-12-17/h3-12H,13H2,1-2H3,(H,26,27)(H,24,25,29). The fourth-order valence-electron chi connectivity index (χ4n) is 3.10. The number of thioether (sulfide) groups is 1. The van der Waals surface area contributed by atoms with Crippen molar-refractivity contribution >= 4 is 39.9 Å². The molecular weight excluding hydrogens is 428 g/mol. The molecule has 6 nitrogen and oxygen atoms in total. The highest BCUT2D eigenvalue weighted by Gasteiger charge is 2.17. The van der Waals surface area contributed by atoms with E-state index in [4.69, 9.17) is 4.98 Å². The van der Waals surface area contributed by atoms with Crippen LogP contribution in [0.5, 0.6) is 0 Å². The first-order chi connectivity index (χ1) is 15.0. The van der Waals surface area contributed by atoms with Gasteiger partial charge in [0.15, 0.2) is 16.1 Å². The number of aromatic nitrogens is 3. The van der Waals surface area contributed by atoms with Crippen molar-refractivity contribution in [3.63, 3.8) is 0 Å². The number of hydrogen-bond donors (Lipinski definition) is 2. The van der Waals surface area contributed by atoms with Crippen molar-refractivity contribution in [3.05, 3.63) is 71.2 Å². The van der Waals surface area contributed by atoms with Crippen molar-refractivity contribution in [1.29, 1.82) is 0 Å². The largest absolute Gasteiger partial charge is 0.332 e. The zero-order chi connectivity index (χ0) is 21.8. The fourth-order valence-corrected chi connectivity index (χ4v) is 4.65. The first-order valence-electron chi connectivity index (χ1n) is 9.63. The Bertz CT molecular complexity index is 1160. The van der Waals surface area contributed by atoms with Crippen LogP contribution in [0.2, 0.25) is 0 Å². The smallest absolute Gasteiger partial charge is 0.236 e. The number of Topliss-reactive ketones (excluding diaryl/α,β-unsaturated/α-hetero) is 1. The second kappa shape index (κ2) is 9.28. The summed E-state index contributed by atoms with van der Waals surface area (Å²) in [5.74, 6) is -0.0839. The summed E-state index contributed by atoms with van der Waals surface area (Å²) < 4.78 is 0. The zero-order valence-corrected chi connectivity index (χ0v) is 18.6. The fraction of sp³-hybridized carbons (Fsp3) is 0.130. The van der Waals surface area contributed by atoms with Crippen molar-refractivity contribution < 1.29 is 9.59 Å². The third-order valence-electron chi connectivity index (χ3n) is 4.49. The van der Waals surface area contributed by atoms with Crippen LogP contribution in [0.15, 0.2) is 65.8 Å². The molecule has 8 heteroatoms. The molecule has 0 atom stereocenters. The number of amides is 1. The number of aromatic amines is 1. The SMILES string of the molecule is CC(=O)c1sc(NC(=O)CSc2nc(-c3ccccc3)c(-c3ccccc3)[nH]2)nc1C. The molecule has 0 radical (unpaired) electrons. The summed E-state index contributed by atoms with van der Waals surface area (Å²) in [5.41, 5.74) is 4.42. The molecule has 0 aliphatic carbocycles. The molecule has 0 unspecified atom stereocenters. The molecule has 4 rings (SSSR count). The van der Waals surface area contributed by atoms with Crippen molar-refractivity contribution in [2.75, 3.05) is 11.1 Å². The predicted molar refractivity (Wildman–Crippen MR) is 126 cm³/mol. The van der Waals surface area contributed by atoms with Gasteiger partial charge in [-0.3, -0.25) is 9.59 Å². The average molecular weight is 449 g/mol. The Labute approximate surface area is 188 Å². The van der Waals surface area contributed by atoms with E-state index in [1.807, 2.05) is 60.7 Å². The lowest BCUT2D eigenvalue weighted by molar-refractivity contribution is -0.113. The summed E-state index contributed by atoms with van der Waals surface area (Å²) in [6.07, 6.45) is 0. The maximum atomic E-state index is 12.4. The second-order valence-electron chi connectivity index (χ2n) is 6.82.